The van der Waals surface area contributed by atoms with Crippen molar-refractivity contribution in [3.8, 4) is 55.6 Å². The molecule has 4 heteroatoms. The molecule has 21 rings (SSSR count). The first-order valence-corrected chi connectivity index (χ1v) is 44.2. The molecule has 0 N–H and O–H groups in total. The molecule has 0 radical (unpaired) electrons. The lowest BCUT2D eigenvalue weighted by Crippen LogP contribution is -2.70. The van der Waals surface area contributed by atoms with E-state index in [1.165, 1.54) is 158 Å². The van der Waals surface area contributed by atoms with Crippen LogP contribution in [0.15, 0.2) is 337 Å². The molecule has 3 nitrogen and oxygen atoms in total. The van der Waals surface area contributed by atoms with E-state index in [0.717, 1.165) is 32.1 Å². The second kappa shape index (κ2) is 28.3. The summed E-state index contributed by atoms with van der Waals surface area (Å²) in [6.07, 6.45) is 23.4. The summed E-state index contributed by atoms with van der Waals surface area (Å²) in [5.41, 5.74) is 39.3. The minimum absolute atomic E-state index is 0.00918. The lowest BCUT2D eigenvalue weighted by atomic mass is 9.26. The summed E-state index contributed by atoms with van der Waals surface area (Å²) in [5, 5.41) is 3.00. The summed E-state index contributed by atoms with van der Waals surface area (Å²) < 4.78 is 0. The second-order valence-electron chi connectivity index (χ2n) is 40.3. The zero-order valence-electron chi connectivity index (χ0n) is 71.0. The third-order valence-electron chi connectivity index (χ3n) is 29.3. The molecule has 0 aromatic heterocycles. The summed E-state index contributed by atoms with van der Waals surface area (Å²) in [7, 11) is 0. The van der Waals surface area contributed by atoms with Crippen LogP contribution in [-0.2, 0) is 18.3 Å². The molecule has 12 aromatic carbocycles. The van der Waals surface area contributed by atoms with Gasteiger partial charge in [0.15, 0.2) is 0 Å². The lowest BCUT2D eigenvalue weighted by molar-refractivity contribution is 0.197. The highest BCUT2D eigenvalue weighted by Crippen LogP contribution is 2.60. The SMILES string of the molecule is CC(C)(C)C1=CC2=C(c3ccc4c(c3)B3c5cc(-c6cc7c8c9c(cc(C(C)(C)C)cc69)CCC8CC(C(C)(C)C)C7)ccc5N(c5ccc(-c6ccccc6)cc5)C5CC(N(c6ccc(-c7ccccc7)cc6)c6ccc(-c7ccccc7)cc6)CC(C35)N4c3ccc(-c4ccccc4)cc3)C=C3C=C(C(C)(C)C)CC4C=CC(=C1)C2C34. The Balaban J connectivity index is 0.844. The minimum Gasteiger partial charge on any atom is -0.339 e. The molecular formula is C114H110BN3. The van der Waals surface area contributed by atoms with E-state index in [2.05, 4.69) is 407 Å². The molecule has 1 fully saturated rings. The monoisotopic (exact) mass is 1530 g/mol. The zero-order chi connectivity index (χ0) is 80.4. The van der Waals surface area contributed by atoms with E-state index >= 15 is 0 Å². The van der Waals surface area contributed by atoms with E-state index in [1.54, 1.807) is 27.6 Å². The van der Waals surface area contributed by atoms with Gasteiger partial charge in [-0.05, 0) is 290 Å². The van der Waals surface area contributed by atoms with Crippen molar-refractivity contribution in [2.75, 3.05) is 14.7 Å². The molecule has 584 valence electrons. The van der Waals surface area contributed by atoms with Gasteiger partial charge in [-0.1, -0.05) is 331 Å². The lowest BCUT2D eigenvalue weighted by Gasteiger charge is -2.60. The molecular weight excluding hydrogens is 1420 g/mol. The zero-order valence-corrected chi connectivity index (χ0v) is 71.0. The Morgan fingerprint density at radius 2 is 0.907 bits per heavy atom. The Hall–Kier alpha value is -11.2. The van der Waals surface area contributed by atoms with Crippen molar-refractivity contribution in [3.63, 3.8) is 0 Å². The number of hydrogen-bond acceptors (Lipinski definition) is 3. The van der Waals surface area contributed by atoms with Crippen molar-refractivity contribution in [1.82, 2.24) is 0 Å². The second-order valence-corrected chi connectivity index (χ2v) is 40.3. The molecule has 0 bridgehead atoms. The first-order chi connectivity index (χ1) is 57.0. The first-order valence-electron chi connectivity index (χ1n) is 44.2. The molecule has 118 heavy (non-hydrogen) atoms. The van der Waals surface area contributed by atoms with Gasteiger partial charge in [0.05, 0.1) is 0 Å². The molecule has 0 saturated heterocycles. The van der Waals surface area contributed by atoms with Crippen LogP contribution >= 0.6 is 0 Å². The van der Waals surface area contributed by atoms with Crippen molar-refractivity contribution in [1.29, 1.82) is 0 Å². The van der Waals surface area contributed by atoms with E-state index in [1.807, 2.05) is 0 Å². The van der Waals surface area contributed by atoms with E-state index < -0.39 is 0 Å². The number of rotatable bonds is 11. The summed E-state index contributed by atoms with van der Waals surface area (Å²) in [6.45, 7) is 29.3. The van der Waals surface area contributed by atoms with Gasteiger partial charge in [0.25, 0.3) is 0 Å². The van der Waals surface area contributed by atoms with Crippen LogP contribution in [0.3, 0.4) is 0 Å². The van der Waals surface area contributed by atoms with Crippen LogP contribution in [0.1, 0.15) is 149 Å². The number of nitrogens with zero attached hydrogens (tertiary/aromatic N) is 3. The van der Waals surface area contributed by atoms with Crippen molar-refractivity contribution < 1.29 is 0 Å². The van der Waals surface area contributed by atoms with Gasteiger partial charge >= 0.3 is 0 Å². The van der Waals surface area contributed by atoms with Gasteiger partial charge < -0.3 is 14.7 Å². The number of anilines is 6. The number of benzene rings is 12. The quantitative estimate of drug-likeness (QED) is 0.120. The Morgan fingerprint density at radius 3 is 1.41 bits per heavy atom. The van der Waals surface area contributed by atoms with Gasteiger partial charge in [-0.15, -0.1) is 0 Å². The maximum Gasteiger partial charge on any atom is 0.222 e. The average molecular weight is 1530 g/mol. The largest absolute Gasteiger partial charge is 0.339 e. The number of aryl methyl sites for hydroxylation is 1. The van der Waals surface area contributed by atoms with Crippen molar-refractivity contribution in [3.05, 3.63) is 365 Å². The maximum absolute atomic E-state index is 2.90. The van der Waals surface area contributed by atoms with Gasteiger partial charge in [-0.25, -0.2) is 0 Å². The van der Waals surface area contributed by atoms with Crippen LogP contribution in [0.5, 0.6) is 0 Å². The number of fused-ring (bicyclic) bond motifs is 4. The van der Waals surface area contributed by atoms with Gasteiger partial charge in [0.1, 0.15) is 0 Å². The first kappa shape index (κ1) is 74.4. The number of allylic oxidation sites excluding steroid dienone is 12. The van der Waals surface area contributed by atoms with Crippen molar-refractivity contribution in [2.24, 2.45) is 39.9 Å². The highest BCUT2D eigenvalue weighted by atomic mass is 15.3. The van der Waals surface area contributed by atoms with Gasteiger partial charge in [-0.2, -0.15) is 0 Å². The Labute approximate surface area is 702 Å². The normalized spacial score (nSPS) is 22.2. The Morgan fingerprint density at radius 1 is 0.415 bits per heavy atom. The molecule has 2 aliphatic heterocycles. The molecule has 2 heterocycles. The topological polar surface area (TPSA) is 9.72 Å². The summed E-state index contributed by atoms with van der Waals surface area (Å²) in [5.74, 6) is 2.35. The van der Waals surface area contributed by atoms with Gasteiger partial charge in [0, 0.05) is 64.1 Å². The highest BCUT2D eigenvalue weighted by molar-refractivity contribution is 6.90. The fourth-order valence-electron chi connectivity index (χ4n) is 23.0. The van der Waals surface area contributed by atoms with Crippen molar-refractivity contribution in [2.45, 2.75) is 163 Å². The van der Waals surface area contributed by atoms with E-state index in [0.29, 0.717) is 23.7 Å². The van der Waals surface area contributed by atoms with E-state index in [4.69, 9.17) is 0 Å². The van der Waals surface area contributed by atoms with E-state index in [9.17, 15) is 0 Å². The molecule has 0 spiro atoms. The molecule has 9 atom stereocenters. The predicted molar refractivity (Wildman–Crippen MR) is 503 cm³/mol. The summed E-state index contributed by atoms with van der Waals surface area (Å²) >= 11 is 0. The van der Waals surface area contributed by atoms with Crippen LogP contribution in [0.4, 0.5) is 34.1 Å². The number of hydrogen-bond donors (Lipinski definition) is 0. The summed E-state index contributed by atoms with van der Waals surface area (Å²) in [6, 6.07) is 107. The van der Waals surface area contributed by atoms with Crippen molar-refractivity contribution >= 4 is 68.1 Å². The minimum atomic E-state index is -0.0534. The Kier molecular flexibility index (Phi) is 17.8. The Bertz CT molecular complexity index is 6060. The summed E-state index contributed by atoms with van der Waals surface area (Å²) in [4.78, 5) is 8.56. The molecule has 9 unspecified atom stereocenters. The molecule has 1 saturated carbocycles. The smallest absolute Gasteiger partial charge is 0.222 e. The third-order valence-corrected chi connectivity index (χ3v) is 29.3. The average Bonchev–Trinajstić information content (AvgIpc) is 0.693. The fourth-order valence-corrected chi connectivity index (χ4v) is 23.0. The molecule has 0 amide bonds. The molecule has 9 aliphatic rings. The standard InChI is InChI=1S/C114H110BN3/c1-111(2,3)87-57-81-33-35-83-59-89(113(7,8)9)67-98-96(63-85(61-87)106(81)108(83)98)79-45-55-102-100(65-79)115-101-66-80(97-64-86-62-88(112(4,5)6)58-82-34-36-84-60-90(114(10,11)12)68-99(97)109(84)107(82)86)46-56-103(101)118(94-53-43-78(44-54-94)74-31-23-16-24-32-74)105-70-95(69-104(110(105)115)117(102)93-51-41-77(42-52-93)73-29-21-15-22-30-73)116(91-47-37-75(38-48-91)71-25-17-13-18-26-71)92-49-39-76(40-50-92)72-27-19-14-20-28-72/h13-33,35,37-56,59-61,63-68,81-82,88,95,104-106,108,110H,34,36,57-58,62,69-70H2,1-12H3. The highest BCUT2D eigenvalue weighted by Gasteiger charge is 2.58. The molecule has 12 aromatic rings. The molecule has 7 aliphatic carbocycles. The van der Waals surface area contributed by atoms with E-state index in [-0.39, 0.29) is 58.2 Å². The van der Waals surface area contributed by atoms with Crippen LogP contribution in [0.2, 0.25) is 5.82 Å². The fraction of sp³-hybridized carbons (Fsp3) is 0.281. The van der Waals surface area contributed by atoms with Crippen LogP contribution < -0.4 is 25.6 Å². The third kappa shape index (κ3) is 12.8. The van der Waals surface area contributed by atoms with Crippen LogP contribution in [0.25, 0.3) is 72.0 Å². The van der Waals surface area contributed by atoms with Crippen LogP contribution in [-0.4, -0.2) is 24.8 Å². The van der Waals surface area contributed by atoms with Gasteiger partial charge in [-0.3, -0.25) is 0 Å². The maximum atomic E-state index is 2.90. The van der Waals surface area contributed by atoms with Crippen LogP contribution in [0, 0.1) is 39.9 Å². The van der Waals surface area contributed by atoms with Gasteiger partial charge in [0.2, 0.25) is 6.71 Å². The predicted octanol–water partition coefficient (Wildman–Crippen LogP) is 28.5.